The van der Waals surface area contributed by atoms with Gasteiger partial charge >= 0.3 is 18.5 Å². The molecule has 0 saturated carbocycles. The lowest BCUT2D eigenvalue weighted by Gasteiger charge is -2.37. The summed E-state index contributed by atoms with van der Waals surface area (Å²) in [5, 5.41) is 0.754. The highest BCUT2D eigenvalue weighted by atomic mass is 79.9. The topological polar surface area (TPSA) is 240 Å². The highest BCUT2D eigenvalue weighted by molar-refractivity contribution is 9.10. The van der Waals surface area contributed by atoms with Crippen molar-refractivity contribution in [3.63, 3.8) is 0 Å². The molecular weight excluding hydrogens is 1630 g/mol. The fourth-order valence-electron chi connectivity index (χ4n) is 12.1. The predicted octanol–water partition coefficient (Wildman–Crippen LogP) is 19.8. The van der Waals surface area contributed by atoms with Gasteiger partial charge in [0.2, 0.25) is 0 Å². The summed E-state index contributed by atoms with van der Waals surface area (Å²) in [6.07, 6.45) is -21.5. The number of hydrogen-bond donors (Lipinski definition) is 2. The summed E-state index contributed by atoms with van der Waals surface area (Å²) in [5.41, 5.74) is 9.85. The number of Topliss-reactive ketones (excluding diaryl/α,β-unsaturated/α-hetero) is 4. The zero-order valence-corrected chi connectivity index (χ0v) is 65.7. The van der Waals surface area contributed by atoms with Crippen LogP contribution in [-0.2, 0) is 54.7 Å². The van der Waals surface area contributed by atoms with Gasteiger partial charge in [-0.25, -0.2) is 36.7 Å². The van der Waals surface area contributed by atoms with E-state index in [2.05, 4.69) is 50.0 Å². The number of aromatic nitrogens is 2. The SMILES string of the molecule is CC(=NS(=O)C(C)(C)C)c1cc(Br)ccc1F.C[C@@]1(c2cc(N)ccc2F)C[C@@H](C(F)(F)F)OC(CC(=O)c2ccccc2)=N1.Cc1cc(Cl)cnc1C(=O)Cc1ccc(F)c([C@]2(C)C[C@@H](C(F)(F)F)OC(CC(=O)c3ccccc3)=N2)c1.Cc1cc(Cl)cnc1C(=O)Cc1ccc(F)c([C@]2(C)C[C@@H](C(F)(F)F)OC(N)=N2)c1. The Bertz CT molecular complexity index is 5030. The Kier molecular flexibility index (Phi) is 28.4. The summed E-state index contributed by atoms with van der Waals surface area (Å²) in [6.45, 7) is 14.6. The Morgan fingerprint density at radius 2 is 0.885 bits per heavy atom. The predicted molar refractivity (Wildman–Crippen MR) is 408 cm³/mol. The molecule has 2 aromatic heterocycles. The molecule has 3 aliphatic rings. The third-order valence-corrected chi connectivity index (χ3v) is 20.2. The Morgan fingerprint density at radius 3 is 1.27 bits per heavy atom. The number of rotatable bonds is 17. The van der Waals surface area contributed by atoms with Crippen molar-refractivity contribution in [2.45, 2.75) is 165 Å². The third-order valence-electron chi connectivity index (χ3n) is 17.8. The average Bonchev–Trinajstić information content (AvgIpc) is 0.775. The molecule has 0 amide bonds. The Hall–Kier alpha value is -9.72. The molecule has 0 radical (unpaired) electrons. The zero-order chi connectivity index (χ0) is 83.7. The van der Waals surface area contributed by atoms with Crippen molar-refractivity contribution >= 4 is 102 Å². The van der Waals surface area contributed by atoms with Crippen LogP contribution in [0.3, 0.4) is 0 Å². The smallest absolute Gasteiger partial charge is 0.425 e. The third kappa shape index (κ3) is 23.7. The van der Waals surface area contributed by atoms with Gasteiger partial charge in [-0.05, 0) is 157 Å². The van der Waals surface area contributed by atoms with Crippen LogP contribution in [0.4, 0.5) is 62.8 Å². The molecule has 0 saturated heterocycles. The van der Waals surface area contributed by atoms with Gasteiger partial charge in [-0.3, -0.25) is 29.1 Å². The van der Waals surface area contributed by atoms with Crippen LogP contribution < -0.4 is 11.5 Å². The van der Waals surface area contributed by atoms with Crippen molar-refractivity contribution in [1.29, 1.82) is 0 Å². The summed E-state index contributed by atoms with van der Waals surface area (Å²) >= 11 is 15.0. The van der Waals surface area contributed by atoms with Crippen LogP contribution in [0.25, 0.3) is 0 Å². The van der Waals surface area contributed by atoms with E-state index in [1.54, 1.807) is 93.6 Å². The van der Waals surface area contributed by atoms with Crippen LogP contribution >= 0.6 is 39.1 Å². The van der Waals surface area contributed by atoms with Crippen LogP contribution in [0.5, 0.6) is 0 Å². The van der Waals surface area contributed by atoms with Crippen molar-refractivity contribution in [3.8, 4) is 0 Å². The van der Waals surface area contributed by atoms with E-state index in [-0.39, 0.29) is 75.5 Å². The van der Waals surface area contributed by atoms with Gasteiger partial charge in [0.25, 0.3) is 6.02 Å². The Balaban J connectivity index is 0.000000195. The molecule has 0 spiro atoms. The first kappa shape index (κ1) is 88.8. The van der Waals surface area contributed by atoms with Crippen molar-refractivity contribution in [2.75, 3.05) is 5.73 Å². The maximum absolute atomic E-state index is 15.1. The number of anilines is 1. The van der Waals surface area contributed by atoms with Crippen LogP contribution in [0, 0.1) is 37.1 Å². The van der Waals surface area contributed by atoms with E-state index in [1.165, 1.54) is 87.8 Å². The van der Waals surface area contributed by atoms with E-state index in [0.717, 1.165) is 22.7 Å². The number of ether oxygens (including phenoxy) is 3. The molecule has 113 heavy (non-hydrogen) atoms. The highest BCUT2D eigenvalue weighted by Crippen LogP contribution is 2.46. The van der Waals surface area contributed by atoms with Crippen LogP contribution in [0.1, 0.15) is 167 Å². The average molecular weight is 1710 g/mol. The van der Waals surface area contributed by atoms with Gasteiger partial charge in [0, 0.05) is 88.0 Å². The number of aryl methyl sites for hydroxylation is 2. The molecule has 7 atom stereocenters. The van der Waals surface area contributed by atoms with Gasteiger partial charge in [0.15, 0.2) is 53.2 Å². The van der Waals surface area contributed by atoms with Gasteiger partial charge in [-0.2, -0.15) is 43.9 Å². The minimum atomic E-state index is -4.78. The molecule has 600 valence electrons. The number of aliphatic imine (C=N–C) groups is 3. The van der Waals surface area contributed by atoms with Gasteiger partial charge in [-0.1, -0.05) is 112 Å². The van der Waals surface area contributed by atoms with Crippen molar-refractivity contribution in [3.05, 3.63) is 263 Å². The molecule has 0 fully saturated rings. The zero-order valence-electron chi connectivity index (χ0n) is 61.8. The van der Waals surface area contributed by atoms with Gasteiger partial charge in [0.05, 0.1) is 50.0 Å². The largest absolute Gasteiger partial charge is 0.468 e. The number of carbonyl (C=O) groups is 4. The highest BCUT2D eigenvalue weighted by Gasteiger charge is 2.53. The minimum absolute atomic E-state index is 0.0743. The number of alkyl halides is 9. The van der Waals surface area contributed by atoms with E-state index in [4.69, 9.17) is 44.1 Å². The molecular formula is C80H74BrCl2F13N8O8S. The second-order valence-electron chi connectivity index (χ2n) is 28.1. The van der Waals surface area contributed by atoms with E-state index in [0.29, 0.717) is 49.1 Å². The molecule has 4 N–H and O–H groups in total. The second kappa shape index (κ2) is 36.2. The van der Waals surface area contributed by atoms with E-state index < -0.39 is 142 Å². The van der Waals surface area contributed by atoms with Crippen LogP contribution in [0.2, 0.25) is 10.0 Å². The summed E-state index contributed by atoms with van der Waals surface area (Å²) in [5.74, 6) is -5.08. The number of nitrogens with zero attached hydrogens (tertiary/aromatic N) is 6. The number of halogens is 16. The first-order chi connectivity index (χ1) is 52.5. The van der Waals surface area contributed by atoms with E-state index in [9.17, 15) is 76.1 Å². The van der Waals surface area contributed by atoms with Crippen molar-refractivity contribution in [2.24, 2.45) is 25.1 Å². The Morgan fingerprint density at radius 1 is 0.513 bits per heavy atom. The molecule has 16 nitrogen and oxygen atoms in total. The van der Waals surface area contributed by atoms with Crippen LogP contribution in [-0.4, -0.2) is 102 Å². The van der Waals surface area contributed by atoms with Gasteiger partial charge < -0.3 is 25.7 Å². The lowest BCUT2D eigenvalue weighted by Crippen LogP contribution is -2.46. The van der Waals surface area contributed by atoms with E-state index >= 15 is 4.39 Å². The number of nitrogens with two attached hydrogens (primary N) is 2. The first-order valence-electron chi connectivity index (χ1n) is 34.3. The van der Waals surface area contributed by atoms with Crippen molar-refractivity contribution in [1.82, 2.24) is 9.97 Å². The molecule has 5 heterocycles. The number of hydrogen-bond acceptors (Lipinski definition) is 15. The van der Waals surface area contributed by atoms with Crippen LogP contribution in [0.15, 0.2) is 182 Å². The van der Waals surface area contributed by atoms with E-state index in [1.807, 2.05) is 20.8 Å². The fraction of sp³-hybridized carbons (Fsp3) is 0.325. The fourth-order valence-corrected chi connectivity index (χ4v) is 13.5. The minimum Gasteiger partial charge on any atom is -0.468 e. The Labute approximate surface area is 662 Å². The maximum atomic E-state index is 15.1. The standard InChI is InChI=1S/C28H23ClF4N2O3.C20H18ClF4N3O2.C20H18F4N2O2.C12H15BrFNOS/c1-16-10-19(29)15-34-26(16)23(37)12-17-8-9-21(30)20(11-17)27(2)14-24(28(31,32)33)38-25(35-27)13-22(36)18-6-4-3-5-7-18;1-10-5-12(21)9-27-17(10)15(29)7-11-3-4-14(22)13(6-11)19(2)8-16(20(23,24)25)30-18(26)28-19;1-19(14-9-13(25)7-8-15(14)21)11-17(20(22,23)24)28-18(26-19)10-16(27)12-5-3-2-4-6-12;1-8(15-17(16)12(2,3)4)10-7-9(13)5-6-11(10)14/h3-11,15,24H,12-14H2,1-2H3;3-6,9,16H,7-8H2,1-2H3,(H2,26,28);2-9,17H,10-11,25H2,1H3;5-7H,1-4H3/t24-,27-;16-,19-;17-,19-;/m000./s1. The van der Waals surface area contributed by atoms with Gasteiger partial charge in [0.1, 0.15) is 45.6 Å². The number of benzene rings is 6. The molecule has 8 aromatic rings. The monoisotopic (exact) mass is 1700 g/mol. The normalized spacial score (nSPS) is 20.1. The molecule has 11 rings (SSSR count). The number of pyridine rings is 2. The number of ketones is 4. The summed E-state index contributed by atoms with van der Waals surface area (Å²) in [4.78, 5) is 71.1. The lowest BCUT2D eigenvalue weighted by atomic mass is 9.84. The van der Waals surface area contributed by atoms with Gasteiger partial charge in [-0.15, -0.1) is 0 Å². The molecule has 3 aliphatic heterocycles. The molecule has 6 aromatic carbocycles. The maximum Gasteiger partial charge on any atom is 0.425 e. The quantitative estimate of drug-likeness (QED) is 0.0374. The number of carbonyl (C=O) groups excluding carboxylic acids is 4. The molecule has 33 heteroatoms. The summed E-state index contributed by atoms with van der Waals surface area (Å²) < 4.78 is 210. The summed E-state index contributed by atoms with van der Waals surface area (Å²) in [6, 6.07) is 34.5. The molecule has 1 unspecified atom stereocenters. The first-order valence-corrected chi connectivity index (χ1v) is 37.0. The van der Waals surface area contributed by atoms with Crippen molar-refractivity contribution < 1.29 is 94.7 Å². The number of amidine groups is 1. The lowest BCUT2D eigenvalue weighted by molar-refractivity contribution is -0.208. The molecule has 0 aliphatic carbocycles. The summed E-state index contributed by atoms with van der Waals surface area (Å²) in [7, 11) is -1.38. The number of nitrogen functional groups attached to an aromatic ring is 1. The second-order valence-corrected chi connectivity index (χ2v) is 31.8. The molecule has 0 bridgehead atoms.